The summed E-state index contributed by atoms with van der Waals surface area (Å²) in [5.74, 6) is 0. The van der Waals surface area contributed by atoms with Crippen LogP contribution in [0.5, 0.6) is 0 Å². The van der Waals surface area contributed by atoms with E-state index in [1.54, 1.807) is 11.3 Å². The van der Waals surface area contributed by atoms with Crippen LogP contribution in [0.4, 0.5) is 5.69 Å². The second-order valence-electron chi connectivity index (χ2n) is 4.90. The number of anilines is 1. The van der Waals surface area contributed by atoms with Crippen molar-refractivity contribution in [2.24, 2.45) is 0 Å². The number of nitrogens with zero attached hydrogens (tertiary/aromatic N) is 1. The third-order valence-corrected chi connectivity index (χ3v) is 4.25. The molecule has 0 aliphatic heterocycles. The molecule has 3 aromatic rings. The Kier molecular flexibility index (Phi) is 4.31. The van der Waals surface area contributed by atoms with Crippen molar-refractivity contribution >= 4 is 17.0 Å². The molecule has 1 heterocycles. The molecule has 2 nitrogen and oxygen atoms in total. The van der Waals surface area contributed by atoms with Gasteiger partial charge in [-0.15, -0.1) is 11.3 Å². The topological polar surface area (TPSA) is 24.9 Å². The summed E-state index contributed by atoms with van der Waals surface area (Å²) >= 11 is 1.70. The van der Waals surface area contributed by atoms with E-state index in [9.17, 15) is 0 Å². The average molecular weight is 294 g/mol. The molecule has 21 heavy (non-hydrogen) atoms. The molecular weight excluding hydrogens is 276 g/mol. The van der Waals surface area contributed by atoms with E-state index in [4.69, 9.17) is 4.98 Å². The minimum atomic E-state index is 0.769. The summed E-state index contributed by atoms with van der Waals surface area (Å²) in [7, 11) is 0. The lowest BCUT2D eigenvalue weighted by Crippen LogP contribution is -1.99. The fourth-order valence-electron chi connectivity index (χ4n) is 2.21. The zero-order valence-corrected chi connectivity index (χ0v) is 12.9. The molecule has 1 aromatic heterocycles. The van der Waals surface area contributed by atoms with Crippen LogP contribution in [-0.2, 0) is 13.0 Å². The van der Waals surface area contributed by atoms with Gasteiger partial charge in [-0.3, -0.25) is 0 Å². The quantitative estimate of drug-likeness (QED) is 0.717. The van der Waals surface area contributed by atoms with E-state index >= 15 is 0 Å². The van der Waals surface area contributed by atoms with E-state index in [2.05, 4.69) is 54.0 Å². The van der Waals surface area contributed by atoms with Crippen LogP contribution in [0, 0.1) is 0 Å². The number of benzene rings is 2. The Hall–Kier alpha value is -2.13. The summed E-state index contributed by atoms with van der Waals surface area (Å²) in [5.41, 5.74) is 4.74. The van der Waals surface area contributed by atoms with Crippen molar-refractivity contribution in [3.05, 3.63) is 70.5 Å². The first-order valence-corrected chi connectivity index (χ1v) is 8.06. The number of aromatic nitrogens is 1. The molecule has 0 spiro atoms. The van der Waals surface area contributed by atoms with Crippen LogP contribution >= 0.6 is 11.3 Å². The second kappa shape index (κ2) is 6.55. The maximum atomic E-state index is 4.69. The zero-order valence-electron chi connectivity index (χ0n) is 12.0. The summed E-state index contributed by atoms with van der Waals surface area (Å²) in [4.78, 5) is 4.69. The molecular formula is C18H18N2S. The van der Waals surface area contributed by atoms with Gasteiger partial charge in [0.05, 0.1) is 12.2 Å². The van der Waals surface area contributed by atoms with E-state index in [-0.39, 0.29) is 0 Å². The first-order valence-electron chi connectivity index (χ1n) is 7.18. The molecule has 0 saturated heterocycles. The number of thiazole rings is 1. The number of hydrogen-bond acceptors (Lipinski definition) is 3. The van der Waals surface area contributed by atoms with Crippen LogP contribution in [0.15, 0.2) is 60.0 Å². The summed E-state index contributed by atoms with van der Waals surface area (Å²) in [6.45, 7) is 2.94. The molecule has 0 amide bonds. The van der Waals surface area contributed by atoms with Crippen LogP contribution in [0.25, 0.3) is 11.3 Å². The molecule has 2 aromatic carbocycles. The Morgan fingerprint density at radius 1 is 1.05 bits per heavy atom. The van der Waals surface area contributed by atoms with Crippen LogP contribution in [0.3, 0.4) is 0 Å². The largest absolute Gasteiger partial charge is 0.379 e. The average Bonchev–Trinajstić information content (AvgIpc) is 3.03. The van der Waals surface area contributed by atoms with Gasteiger partial charge >= 0.3 is 0 Å². The van der Waals surface area contributed by atoms with Crippen LogP contribution in [0.2, 0.25) is 0 Å². The van der Waals surface area contributed by atoms with Crippen molar-refractivity contribution in [1.29, 1.82) is 0 Å². The van der Waals surface area contributed by atoms with E-state index < -0.39 is 0 Å². The van der Waals surface area contributed by atoms with Gasteiger partial charge in [-0.05, 0) is 24.1 Å². The molecule has 106 valence electrons. The summed E-state index contributed by atoms with van der Waals surface area (Å²) in [6, 6.07) is 18.9. The van der Waals surface area contributed by atoms with Crippen molar-refractivity contribution < 1.29 is 0 Å². The van der Waals surface area contributed by atoms with Crippen molar-refractivity contribution in [2.45, 2.75) is 19.9 Å². The number of hydrogen-bond donors (Lipinski definition) is 1. The van der Waals surface area contributed by atoms with E-state index in [0.29, 0.717) is 0 Å². The lowest BCUT2D eigenvalue weighted by atomic mass is 10.1. The molecule has 3 heteroatoms. The van der Waals surface area contributed by atoms with Crippen molar-refractivity contribution in [1.82, 2.24) is 4.98 Å². The third-order valence-electron chi connectivity index (χ3n) is 3.40. The van der Waals surface area contributed by atoms with Gasteiger partial charge in [-0.2, -0.15) is 0 Å². The molecule has 0 aliphatic rings. The predicted molar refractivity (Wildman–Crippen MR) is 90.7 cm³/mol. The standard InChI is InChI=1S/C18H18N2S/c1-2-14-7-6-10-16(11-14)19-12-18-20-17(13-21-18)15-8-4-3-5-9-15/h3-11,13,19H,2,12H2,1H3. The minimum absolute atomic E-state index is 0.769. The highest BCUT2D eigenvalue weighted by molar-refractivity contribution is 7.09. The molecule has 3 rings (SSSR count). The molecule has 0 fully saturated rings. The molecule has 0 radical (unpaired) electrons. The maximum Gasteiger partial charge on any atom is 0.112 e. The molecule has 0 unspecified atom stereocenters. The highest BCUT2D eigenvalue weighted by atomic mass is 32.1. The highest BCUT2D eigenvalue weighted by Gasteiger charge is 2.04. The highest BCUT2D eigenvalue weighted by Crippen LogP contribution is 2.22. The lowest BCUT2D eigenvalue weighted by molar-refractivity contribution is 1.09. The summed E-state index contributed by atoms with van der Waals surface area (Å²) in [5, 5.41) is 6.68. The van der Waals surface area contributed by atoms with Crippen LogP contribution in [0.1, 0.15) is 17.5 Å². The van der Waals surface area contributed by atoms with Crippen molar-refractivity contribution in [3.63, 3.8) is 0 Å². The monoisotopic (exact) mass is 294 g/mol. The van der Waals surface area contributed by atoms with E-state index in [1.165, 1.54) is 11.1 Å². The fraction of sp³-hybridized carbons (Fsp3) is 0.167. The van der Waals surface area contributed by atoms with E-state index in [1.807, 2.05) is 18.2 Å². The molecule has 0 saturated carbocycles. The van der Waals surface area contributed by atoms with Gasteiger partial charge < -0.3 is 5.32 Å². The SMILES string of the molecule is CCc1cccc(NCc2nc(-c3ccccc3)cs2)c1. The lowest BCUT2D eigenvalue weighted by Gasteiger charge is -2.05. The number of nitrogens with one attached hydrogen (secondary N) is 1. The Bertz CT molecular complexity index is 704. The molecule has 0 bridgehead atoms. The van der Waals surface area contributed by atoms with Crippen molar-refractivity contribution in [2.75, 3.05) is 5.32 Å². The van der Waals surface area contributed by atoms with Gasteiger partial charge in [-0.25, -0.2) is 4.98 Å². The van der Waals surface area contributed by atoms with Gasteiger partial charge in [0.1, 0.15) is 5.01 Å². The molecule has 1 N–H and O–H groups in total. The Balaban J connectivity index is 1.67. The van der Waals surface area contributed by atoms with Crippen LogP contribution < -0.4 is 5.32 Å². The maximum absolute atomic E-state index is 4.69. The number of aryl methyl sites for hydroxylation is 1. The minimum Gasteiger partial charge on any atom is -0.379 e. The smallest absolute Gasteiger partial charge is 0.112 e. The number of rotatable bonds is 5. The van der Waals surface area contributed by atoms with Crippen LogP contribution in [-0.4, -0.2) is 4.98 Å². The first kappa shape index (κ1) is 13.8. The van der Waals surface area contributed by atoms with Gasteiger partial charge in [0, 0.05) is 16.6 Å². The summed E-state index contributed by atoms with van der Waals surface area (Å²) < 4.78 is 0. The third kappa shape index (κ3) is 3.50. The summed E-state index contributed by atoms with van der Waals surface area (Å²) in [6.07, 6.45) is 1.06. The Morgan fingerprint density at radius 2 is 1.90 bits per heavy atom. The molecule has 0 atom stereocenters. The van der Waals surface area contributed by atoms with Crippen molar-refractivity contribution in [3.8, 4) is 11.3 Å². The Morgan fingerprint density at radius 3 is 2.71 bits per heavy atom. The van der Waals surface area contributed by atoms with Gasteiger partial charge in [0.2, 0.25) is 0 Å². The predicted octanol–water partition coefficient (Wildman–Crippen LogP) is 4.98. The Labute approximate surface area is 129 Å². The normalized spacial score (nSPS) is 10.5. The first-order chi connectivity index (χ1) is 10.3. The van der Waals surface area contributed by atoms with E-state index in [0.717, 1.165) is 29.4 Å². The van der Waals surface area contributed by atoms with Gasteiger partial charge in [0.15, 0.2) is 0 Å². The van der Waals surface area contributed by atoms with Gasteiger partial charge in [0.25, 0.3) is 0 Å². The fourth-order valence-corrected chi connectivity index (χ4v) is 2.96. The van der Waals surface area contributed by atoms with Gasteiger partial charge in [-0.1, -0.05) is 49.4 Å². The zero-order chi connectivity index (χ0) is 14.5. The molecule has 0 aliphatic carbocycles. The second-order valence-corrected chi connectivity index (χ2v) is 5.84.